The number of ether oxygens (including phenoxy) is 3. The van der Waals surface area contributed by atoms with Gasteiger partial charge in [-0.2, -0.15) is 5.10 Å². The number of hydrogen-bond donors (Lipinski definition) is 2. The van der Waals surface area contributed by atoms with Crippen LogP contribution in [0.3, 0.4) is 0 Å². The minimum atomic E-state index is -0.449. The number of hydrogen-bond acceptors (Lipinski definition) is 6. The fourth-order valence-electron chi connectivity index (χ4n) is 4.54. The van der Waals surface area contributed by atoms with Crippen molar-refractivity contribution in [3.05, 3.63) is 58.2 Å². The summed E-state index contributed by atoms with van der Waals surface area (Å²) in [5.74, 6) is 1.69. The van der Waals surface area contributed by atoms with Crippen LogP contribution in [-0.4, -0.2) is 59.6 Å². The van der Waals surface area contributed by atoms with E-state index in [1.807, 2.05) is 25.1 Å². The summed E-state index contributed by atoms with van der Waals surface area (Å²) in [6, 6.07) is 10.1. The maximum Gasteiger partial charge on any atom is 0.273 e. The zero-order valence-electron chi connectivity index (χ0n) is 21.7. The van der Waals surface area contributed by atoms with Crippen molar-refractivity contribution >= 4 is 17.5 Å². The maximum absolute atomic E-state index is 13.5. The number of benzene rings is 2. The number of nitrogens with zero attached hydrogens (tertiary/aromatic N) is 2. The van der Waals surface area contributed by atoms with E-state index < -0.39 is 6.04 Å². The molecule has 9 heteroatoms. The van der Waals surface area contributed by atoms with Gasteiger partial charge in [-0.15, -0.1) is 0 Å². The summed E-state index contributed by atoms with van der Waals surface area (Å²) in [7, 11) is 1.64. The van der Waals surface area contributed by atoms with Crippen LogP contribution < -0.4 is 9.47 Å². The molecule has 8 nitrogen and oxygen atoms in total. The molecule has 198 valence electrons. The number of methoxy groups -OCH3 is 1. The molecule has 4 rings (SSSR count). The van der Waals surface area contributed by atoms with E-state index in [1.54, 1.807) is 24.1 Å². The molecule has 0 aliphatic carbocycles. The summed E-state index contributed by atoms with van der Waals surface area (Å²) in [5, 5.41) is 18.4. The molecule has 1 amide bonds. The lowest BCUT2D eigenvalue weighted by Crippen LogP contribution is -2.31. The molecule has 0 radical (unpaired) electrons. The monoisotopic (exact) mass is 527 g/mol. The van der Waals surface area contributed by atoms with Crippen molar-refractivity contribution in [2.75, 3.05) is 33.5 Å². The van der Waals surface area contributed by atoms with Gasteiger partial charge in [-0.05, 0) is 61.6 Å². The van der Waals surface area contributed by atoms with Gasteiger partial charge in [-0.25, -0.2) is 0 Å². The van der Waals surface area contributed by atoms with E-state index in [-0.39, 0.29) is 11.7 Å². The average Bonchev–Trinajstić information content (AvgIpc) is 3.41. The maximum atomic E-state index is 13.5. The Hall–Kier alpha value is -3.23. The number of aromatic hydroxyl groups is 1. The van der Waals surface area contributed by atoms with Crippen molar-refractivity contribution < 1.29 is 24.1 Å². The van der Waals surface area contributed by atoms with E-state index in [9.17, 15) is 9.90 Å². The third-order valence-corrected chi connectivity index (χ3v) is 6.60. The topological polar surface area (TPSA) is 96.9 Å². The lowest BCUT2D eigenvalue weighted by atomic mass is 9.95. The van der Waals surface area contributed by atoms with Crippen molar-refractivity contribution in [1.29, 1.82) is 0 Å². The molecule has 0 spiro atoms. The Balaban J connectivity index is 1.79. The number of aromatic nitrogens is 2. The third-order valence-electron chi connectivity index (χ3n) is 6.36. The molecule has 1 unspecified atom stereocenters. The Morgan fingerprint density at radius 1 is 1.14 bits per heavy atom. The second-order valence-electron chi connectivity index (χ2n) is 9.44. The number of amides is 1. The van der Waals surface area contributed by atoms with Gasteiger partial charge in [0.2, 0.25) is 0 Å². The lowest BCUT2D eigenvalue weighted by Gasteiger charge is -2.27. The Morgan fingerprint density at radius 3 is 2.68 bits per heavy atom. The highest BCUT2D eigenvalue weighted by molar-refractivity contribution is 6.31. The first-order valence-corrected chi connectivity index (χ1v) is 13.0. The standard InChI is InChI=1S/C28H34ClN3O5/c1-5-36-23-15-18(7-10-22(23)37-14-11-17(2)3)27-24-25(20-16-19(29)8-9-21(20)33)30-31-26(24)28(34)32(27)12-6-13-35-4/h7-10,15-17,27,33H,5-6,11-14H2,1-4H3,(H,30,31). The predicted molar refractivity (Wildman–Crippen MR) is 143 cm³/mol. The fraction of sp³-hybridized carbons (Fsp3) is 0.429. The van der Waals surface area contributed by atoms with Gasteiger partial charge in [0.1, 0.15) is 17.1 Å². The van der Waals surface area contributed by atoms with Gasteiger partial charge in [0.05, 0.1) is 19.3 Å². The van der Waals surface area contributed by atoms with Crippen LogP contribution in [0.25, 0.3) is 11.3 Å². The molecule has 0 bridgehead atoms. The minimum absolute atomic E-state index is 0.0339. The van der Waals surface area contributed by atoms with E-state index in [0.29, 0.717) is 77.7 Å². The summed E-state index contributed by atoms with van der Waals surface area (Å²) in [4.78, 5) is 15.3. The average molecular weight is 528 g/mol. The van der Waals surface area contributed by atoms with E-state index in [4.69, 9.17) is 25.8 Å². The van der Waals surface area contributed by atoms with Crippen LogP contribution in [0.2, 0.25) is 5.02 Å². The quantitative estimate of drug-likeness (QED) is 0.287. The second kappa shape index (κ2) is 11.9. The molecular weight excluding hydrogens is 494 g/mol. The van der Waals surface area contributed by atoms with Gasteiger partial charge < -0.3 is 24.2 Å². The van der Waals surface area contributed by atoms with Crippen molar-refractivity contribution in [2.24, 2.45) is 5.92 Å². The predicted octanol–water partition coefficient (Wildman–Crippen LogP) is 5.84. The first-order valence-electron chi connectivity index (χ1n) is 12.6. The highest BCUT2D eigenvalue weighted by atomic mass is 35.5. The summed E-state index contributed by atoms with van der Waals surface area (Å²) in [5.41, 5.74) is 2.88. The molecule has 1 aliphatic heterocycles. The van der Waals surface area contributed by atoms with Crippen molar-refractivity contribution in [3.63, 3.8) is 0 Å². The van der Waals surface area contributed by atoms with Gasteiger partial charge in [0.15, 0.2) is 11.5 Å². The van der Waals surface area contributed by atoms with Crippen LogP contribution in [0.4, 0.5) is 0 Å². The summed E-state index contributed by atoms with van der Waals surface area (Å²) < 4.78 is 17.2. The van der Waals surface area contributed by atoms with Gasteiger partial charge in [-0.3, -0.25) is 9.89 Å². The Morgan fingerprint density at radius 2 is 1.95 bits per heavy atom. The zero-order chi connectivity index (χ0) is 26.5. The van der Waals surface area contributed by atoms with E-state index in [1.165, 1.54) is 6.07 Å². The first kappa shape index (κ1) is 26.8. The number of phenols is 1. The van der Waals surface area contributed by atoms with E-state index in [0.717, 1.165) is 12.0 Å². The normalized spacial score (nSPS) is 14.9. The Kier molecular flexibility index (Phi) is 8.61. The summed E-state index contributed by atoms with van der Waals surface area (Å²) in [6.45, 7) is 8.31. The number of phenolic OH excluding ortho intramolecular Hbond substituents is 1. The molecule has 1 atom stereocenters. The SMILES string of the molecule is CCOc1cc(C2c3c(-c4cc(Cl)ccc4O)n[nH]c3C(=O)N2CCCOC)ccc1OCCC(C)C. The highest BCUT2D eigenvalue weighted by Gasteiger charge is 2.42. The van der Waals surface area contributed by atoms with Crippen LogP contribution in [-0.2, 0) is 4.74 Å². The number of aromatic amines is 1. The van der Waals surface area contributed by atoms with Gasteiger partial charge in [0, 0.05) is 36.4 Å². The number of H-pyrrole nitrogens is 1. The van der Waals surface area contributed by atoms with E-state index >= 15 is 0 Å². The number of halogens is 1. The van der Waals surface area contributed by atoms with Gasteiger partial charge in [-0.1, -0.05) is 31.5 Å². The summed E-state index contributed by atoms with van der Waals surface area (Å²) in [6.07, 6.45) is 1.60. The molecule has 2 N–H and O–H groups in total. The Labute approximate surface area is 222 Å². The third kappa shape index (κ3) is 5.70. The Bertz CT molecular complexity index is 1240. The number of fused-ring (bicyclic) bond motifs is 1. The number of rotatable bonds is 12. The molecule has 0 saturated heterocycles. The molecule has 1 aromatic heterocycles. The van der Waals surface area contributed by atoms with E-state index in [2.05, 4.69) is 24.0 Å². The molecule has 3 aromatic rings. The molecule has 2 heterocycles. The smallest absolute Gasteiger partial charge is 0.273 e. The molecule has 37 heavy (non-hydrogen) atoms. The summed E-state index contributed by atoms with van der Waals surface area (Å²) >= 11 is 6.24. The van der Waals surface area contributed by atoms with Crippen molar-refractivity contribution in [1.82, 2.24) is 15.1 Å². The highest BCUT2D eigenvalue weighted by Crippen LogP contribution is 2.46. The van der Waals surface area contributed by atoms with Crippen LogP contribution in [0.15, 0.2) is 36.4 Å². The molecule has 0 saturated carbocycles. The van der Waals surface area contributed by atoms with Crippen LogP contribution in [0.1, 0.15) is 61.3 Å². The second-order valence-corrected chi connectivity index (χ2v) is 9.88. The lowest BCUT2D eigenvalue weighted by molar-refractivity contribution is 0.0723. The minimum Gasteiger partial charge on any atom is -0.507 e. The largest absolute Gasteiger partial charge is 0.507 e. The molecule has 0 fully saturated rings. The number of nitrogens with one attached hydrogen (secondary N) is 1. The van der Waals surface area contributed by atoms with Crippen LogP contribution in [0, 0.1) is 5.92 Å². The molecular formula is C28H34ClN3O5. The number of carbonyl (C=O) groups is 1. The van der Waals surface area contributed by atoms with Crippen LogP contribution >= 0.6 is 11.6 Å². The van der Waals surface area contributed by atoms with Gasteiger partial charge in [0.25, 0.3) is 5.91 Å². The molecule has 1 aliphatic rings. The van der Waals surface area contributed by atoms with Crippen molar-refractivity contribution in [3.8, 4) is 28.5 Å². The zero-order valence-corrected chi connectivity index (χ0v) is 22.5. The fourth-order valence-corrected chi connectivity index (χ4v) is 4.72. The van der Waals surface area contributed by atoms with Gasteiger partial charge >= 0.3 is 0 Å². The number of carbonyl (C=O) groups excluding carboxylic acids is 1. The van der Waals surface area contributed by atoms with Crippen LogP contribution in [0.5, 0.6) is 17.2 Å². The van der Waals surface area contributed by atoms with Crippen molar-refractivity contribution in [2.45, 2.75) is 39.7 Å². The first-order chi connectivity index (χ1) is 17.8. The molecule has 2 aromatic carbocycles.